The number of hydrogen-bond acceptors (Lipinski definition) is 12. The quantitative estimate of drug-likeness (QED) is 0.131. The summed E-state index contributed by atoms with van der Waals surface area (Å²) in [6, 6.07) is 19.6. The summed E-state index contributed by atoms with van der Waals surface area (Å²) in [6.45, 7) is -0.0767. The third-order valence-electron chi connectivity index (χ3n) is 6.51. The first-order valence-corrected chi connectivity index (χ1v) is 12.8. The Bertz CT molecular complexity index is 1830. The standard InChI is InChI=1S/C32H16O12/c33-26(40-15-16-4-2-1-3-5-16)19-10-20(41-27(34)17-6-8-22-24(12-17)31(38)43-29(22)36)14-21(11-19)42-28(35)18-7-9-23-25(13-18)32(39)44-30(23)37/h1-14H,15H2. The molecule has 4 aromatic carbocycles. The largest absolute Gasteiger partial charge is 0.457 e. The van der Waals surface area contributed by atoms with Crippen LogP contribution in [-0.2, 0) is 20.8 Å². The predicted octanol–water partition coefficient (Wildman–Crippen LogP) is 4.10. The molecule has 12 heteroatoms. The monoisotopic (exact) mass is 592 g/mol. The van der Waals surface area contributed by atoms with Crippen molar-refractivity contribution in [3.8, 4) is 11.5 Å². The fraction of sp³-hybridized carbons (Fsp3) is 0.0312. The summed E-state index contributed by atoms with van der Waals surface area (Å²) in [6.07, 6.45) is 0. The number of esters is 7. The molecule has 0 saturated heterocycles. The molecule has 0 saturated carbocycles. The van der Waals surface area contributed by atoms with Gasteiger partial charge in [0.15, 0.2) is 0 Å². The fourth-order valence-corrected chi connectivity index (χ4v) is 4.37. The van der Waals surface area contributed by atoms with E-state index in [1.165, 1.54) is 36.4 Å². The van der Waals surface area contributed by atoms with E-state index < -0.39 is 41.8 Å². The minimum Gasteiger partial charge on any atom is -0.457 e. The summed E-state index contributed by atoms with van der Waals surface area (Å²) in [4.78, 5) is 86.2. The molecule has 0 radical (unpaired) electrons. The Kier molecular flexibility index (Phi) is 6.99. The molecule has 2 heterocycles. The van der Waals surface area contributed by atoms with Crippen molar-refractivity contribution in [2.24, 2.45) is 0 Å². The van der Waals surface area contributed by atoms with Crippen LogP contribution in [0.1, 0.15) is 78.1 Å². The number of carbonyl (C=O) groups is 7. The molecule has 0 spiro atoms. The summed E-state index contributed by atoms with van der Waals surface area (Å²) in [7, 11) is 0. The van der Waals surface area contributed by atoms with E-state index in [9.17, 15) is 33.6 Å². The van der Waals surface area contributed by atoms with Gasteiger partial charge in [0.2, 0.25) is 0 Å². The normalized spacial score (nSPS) is 13.0. The maximum atomic E-state index is 13.0. The van der Waals surface area contributed by atoms with Crippen LogP contribution in [0.5, 0.6) is 11.5 Å². The lowest BCUT2D eigenvalue weighted by molar-refractivity contribution is 0.0425. The van der Waals surface area contributed by atoms with Crippen LogP contribution in [0.3, 0.4) is 0 Å². The third-order valence-corrected chi connectivity index (χ3v) is 6.51. The van der Waals surface area contributed by atoms with Crippen LogP contribution in [0.4, 0.5) is 0 Å². The first-order valence-electron chi connectivity index (χ1n) is 12.8. The topological polar surface area (TPSA) is 166 Å². The first-order chi connectivity index (χ1) is 21.2. The van der Waals surface area contributed by atoms with E-state index in [0.717, 1.165) is 18.2 Å². The number of cyclic esters (lactones) is 4. The number of carbonyl (C=O) groups excluding carboxylic acids is 7. The Labute approximate surface area is 246 Å². The van der Waals surface area contributed by atoms with Crippen LogP contribution in [0.25, 0.3) is 0 Å². The molecule has 2 aliphatic heterocycles. The van der Waals surface area contributed by atoms with Crippen molar-refractivity contribution in [1.29, 1.82) is 0 Å². The molecule has 216 valence electrons. The van der Waals surface area contributed by atoms with E-state index in [1.54, 1.807) is 30.3 Å². The molecule has 0 atom stereocenters. The van der Waals surface area contributed by atoms with Gasteiger partial charge >= 0.3 is 41.8 Å². The summed E-state index contributed by atoms with van der Waals surface area (Å²) < 4.78 is 25.3. The van der Waals surface area contributed by atoms with Crippen LogP contribution in [0, 0.1) is 0 Å². The van der Waals surface area contributed by atoms with Crippen molar-refractivity contribution in [2.45, 2.75) is 6.61 Å². The van der Waals surface area contributed by atoms with E-state index >= 15 is 0 Å². The molecular weight excluding hydrogens is 576 g/mol. The molecule has 0 aromatic heterocycles. The zero-order valence-electron chi connectivity index (χ0n) is 22.2. The lowest BCUT2D eigenvalue weighted by Gasteiger charge is -2.11. The van der Waals surface area contributed by atoms with Crippen LogP contribution >= 0.6 is 0 Å². The zero-order valence-corrected chi connectivity index (χ0v) is 22.2. The number of ether oxygens (including phenoxy) is 5. The Balaban J connectivity index is 1.27. The average molecular weight is 592 g/mol. The molecule has 2 aliphatic rings. The maximum Gasteiger partial charge on any atom is 0.346 e. The molecule has 0 aliphatic carbocycles. The Hall–Kier alpha value is -6.43. The van der Waals surface area contributed by atoms with Crippen molar-refractivity contribution in [3.63, 3.8) is 0 Å². The molecule has 0 amide bonds. The smallest absolute Gasteiger partial charge is 0.346 e. The van der Waals surface area contributed by atoms with E-state index in [4.69, 9.17) is 14.2 Å². The SMILES string of the molecule is O=C(OCc1ccccc1)c1cc(OC(=O)c2ccc3c(c2)C(=O)OC3=O)cc(OC(=O)c2ccc3c(c2)C(=O)OC3=O)c1. The molecule has 0 N–H and O–H groups in total. The first kappa shape index (κ1) is 27.7. The van der Waals surface area contributed by atoms with Gasteiger partial charge in [-0.25, -0.2) is 33.6 Å². The average Bonchev–Trinajstić information content (AvgIpc) is 3.48. The lowest BCUT2D eigenvalue weighted by atomic mass is 10.1. The van der Waals surface area contributed by atoms with Gasteiger partial charge in [-0.05, 0) is 54.1 Å². The lowest BCUT2D eigenvalue weighted by Crippen LogP contribution is -2.13. The van der Waals surface area contributed by atoms with Crippen molar-refractivity contribution in [1.82, 2.24) is 0 Å². The van der Waals surface area contributed by atoms with Gasteiger partial charge in [0.05, 0.1) is 38.9 Å². The highest BCUT2D eigenvalue weighted by molar-refractivity contribution is 6.16. The van der Waals surface area contributed by atoms with Gasteiger partial charge in [0.25, 0.3) is 0 Å². The van der Waals surface area contributed by atoms with Crippen LogP contribution < -0.4 is 9.47 Å². The highest BCUT2D eigenvalue weighted by atomic mass is 16.6. The van der Waals surface area contributed by atoms with E-state index in [1.807, 2.05) is 0 Å². The number of benzene rings is 4. The third kappa shape index (κ3) is 5.42. The Morgan fingerprint density at radius 2 is 0.977 bits per heavy atom. The highest BCUT2D eigenvalue weighted by Crippen LogP contribution is 2.28. The van der Waals surface area contributed by atoms with Gasteiger partial charge in [-0.1, -0.05) is 30.3 Å². The van der Waals surface area contributed by atoms with Gasteiger partial charge in [-0.15, -0.1) is 0 Å². The predicted molar refractivity (Wildman–Crippen MR) is 144 cm³/mol. The molecule has 0 bridgehead atoms. The second-order valence-corrected chi connectivity index (χ2v) is 9.41. The Morgan fingerprint density at radius 3 is 1.48 bits per heavy atom. The van der Waals surface area contributed by atoms with E-state index in [-0.39, 0.29) is 57.1 Å². The Morgan fingerprint density at radius 1 is 0.500 bits per heavy atom. The maximum absolute atomic E-state index is 13.0. The highest BCUT2D eigenvalue weighted by Gasteiger charge is 2.32. The zero-order chi connectivity index (χ0) is 31.0. The van der Waals surface area contributed by atoms with Crippen LogP contribution in [0.2, 0.25) is 0 Å². The molecule has 12 nitrogen and oxygen atoms in total. The van der Waals surface area contributed by atoms with Crippen molar-refractivity contribution >= 4 is 41.8 Å². The molecule has 0 unspecified atom stereocenters. The second-order valence-electron chi connectivity index (χ2n) is 9.41. The van der Waals surface area contributed by atoms with Gasteiger partial charge in [-0.2, -0.15) is 0 Å². The fourth-order valence-electron chi connectivity index (χ4n) is 4.37. The van der Waals surface area contributed by atoms with Gasteiger partial charge in [0.1, 0.15) is 18.1 Å². The molecule has 44 heavy (non-hydrogen) atoms. The minimum atomic E-state index is -0.964. The summed E-state index contributed by atoms with van der Waals surface area (Å²) >= 11 is 0. The number of hydrogen-bond donors (Lipinski definition) is 0. The molecular formula is C32H16O12. The minimum absolute atomic E-state index is 0.00640. The molecule has 6 rings (SSSR count). The van der Waals surface area contributed by atoms with Gasteiger partial charge in [0, 0.05) is 6.07 Å². The van der Waals surface area contributed by atoms with Crippen LogP contribution in [-0.4, -0.2) is 41.8 Å². The summed E-state index contributed by atoms with van der Waals surface area (Å²) in [5.41, 5.74) is 0.115. The van der Waals surface area contributed by atoms with Crippen molar-refractivity contribution in [2.75, 3.05) is 0 Å². The van der Waals surface area contributed by atoms with E-state index in [2.05, 4.69) is 9.47 Å². The van der Waals surface area contributed by atoms with Gasteiger partial charge in [-0.3, -0.25) is 0 Å². The molecule has 0 fully saturated rings. The van der Waals surface area contributed by atoms with Crippen molar-refractivity contribution < 1.29 is 57.2 Å². The van der Waals surface area contributed by atoms with E-state index in [0.29, 0.717) is 5.56 Å². The second kappa shape index (κ2) is 11.1. The number of rotatable bonds is 7. The molecule has 4 aromatic rings. The van der Waals surface area contributed by atoms with Gasteiger partial charge < -0.3 is 23.7 Å². The summed E-state index contributed by atoms with van der Waals surface area (Å²) in [5, 5.41) is 0. The number of fused-ring (bicyclic) bond motifs is 2. The van der Waals surface area contributed by atoms with Crippen molar-refractivity contribution in [3.05, 3.63) is 129 Å². The summed E-state index contributed by atoms with van der Waals surface area (Å²) in [5.74, 6) is -6.73. The van der Waals surface area contributed by atoms with Crippen LogP contribution in [0.15, 0.2) is 84.9 Å².